The summed E-state index contributed by atoms with van der Waals surface area (Å²) in [5, 5.41) is 8.87. The molecular formula is C21H21Cl2N3O. The molecule has 6 heteroatoms. The maximum absolute atomic E-state index is 12.2. The molecule has 0 aliphatic heterocycles. The molecule has 0 unspecified atom stereocenters. The third-order valence-corrected chi connectivity index (χ3v) is 6.00. The van der Waals surface area contributed by atoms with E-state index in [9.17, 15) is 4.79 Å². The molecule has 3 N–H and O–H groups in total. The van der Waals surface area contributed by atoms with Gasteiger partial charge in [-0.15, -0.1) is 0 Å². The SMILES string of the molecule is O=c1cc(NC[C@H]2CC[C@H]2NCc2ccc(Cl)c(Cl)c2)[nH]c2ccccc12. The van der Waals surface area contributed by atoms with Crippen LogP contribution >= 0.6 is 23.2 Å². The van der Waals surface area contributed by atoms with Crippen molar-refractivity contribution in [1.29, 1.82) is 0 Å². The molecule has 4 nitrogen and oxygen atoms in total. The summed E-state index contributed by atoms with van der Waals surface area (Å²) in [5.41, 5.74) is 2.02. The van der Waals surface area contributed by atoms with E-state index in [2.05, 4.69) is 15.6 Å². The Hall–Kier alpha value is -2.01. The fourth-order valence-corrected chi connectivity index (χ4v) is 3.83. The van der Waals surface area contributed by atoms with Crippen LogP contribution in [0.5, 0.6) is 0 Å². The highest BCUT2D eigenvalue weighted by Crippen LogP contribution is 2.28. The molecule has 0 amide bonds. The Bertz CT molecular complexity index is 1020. The first kappa shape index (κ1) is 18.4. The Balaban J connectivity index is 1.33. The van der Waals surface area contributed by atoms with Crippen LogP contribution in [0.15, 0.2) is 53.3 Å². The number of hydrogen-bond acceptors (Lipinski definition) is 3. The minimum absolute atomic E-state index is 0.0368. The number of hydrogen-bond donors (Lipinski definition) is 3. The Morgan fingerprint density at radius 2 is 1.89 bits per heavy atom. The molecule has 0 spiro atoms. The fourth-order valence-electron chi connectivity index (χ4n) is 3.51. The quantitative estimate of drug-likeness (QED) is 0.554. The summed E-state index contributed by atoms with van der Waals surface area (Å²) in [5.74, 6) is 1.30. The first-order valence-electron chi connectivity index (χ1n) is 9.13. The normalized spacial score (nSPS) is 19.0. The van der Waals surface area contributed by atoms with Crippen molar-refractivity contribution >= 4 is 39.9 Å². The molecular weight excluding hydrogens is 381 g/mol. The Labute approximate surface area is 167 Å². The van der Waals surface area contributed by atoms with Gasteiger partial charge in [0.2, 0.25) is 0 Å². The van der Waals surface area contributed by atoms with Gasteiger partial charge in [0.1, 0.15) is 5.82 Å². The van der Waals surface area contributed by atoms with Gasteiger partial charge in [-0.2, -0.15) is 0 Å². The number of fused-ring (bicyclic) bond motifs is 1. The fraction of sp³-hybridized carbons (Fsp3) is 0.286. The summed E-state index contributed by atoms with van der Waals surface area (Å²) in [4.78, 5) is 15.5. The van der Waals surface area contributed by atoms with E-state index < -0.39 is 0 Å². The molecule has 27 heavy (non-hydrogen) atoms. The van der Waals surface area contributed by atoms with Crippen molar-refractivity contribution < 1.29 is 0 Å². The first-order chi connectivity index (χ1) is 13.1. The van der Waals surface area contributed by atoms with E-state index in [1.807, 2.05) is 42.5 Å². The van der Waals surface area contributed by atoms with Gasteiger partial charge in [0, 0.05) is 30.6 Å². The molecule has 1 fully saturated rings. The van der Waals surface area contributed by atoms with Crippen molar-refractivity contribution in [1.82, 2.24) is 10.3 Å². The van der Waals surface area contributed by atoms with Crippen molar-refractivity contribution in [3.63, 3.8) is 0 Å². The van der Waals surface area contributed by atoms with Crippen molar-refractivity contribution in [2.45, 2.75) is 25.4 Å². The summed E-state index contributed by atoms with van der Waals surface area (Å²) in [6, 6.07) is 15.4. The number of halogens is 2. The van der Waals surface area contributed by atoms with Crippen LogP contribution in [0, 0.1) is 5.92 Å². The maximum atomic E-state index is 12.2. The molecule has 0 saturated heterocycles. The van der Waals surface area contributed by atoms with Gasteiger partial charge < -0.3 is 15.6 Å². The molecule has 0 radical (unpaired) electrons. The van der Waals surface area contributed by atoms with Gasteiger partial charge >= 0.3 is 0 Å². The average molecular weight is 402 g/mol. The number of aromatic amines is 1. The zero-order valence-corrected chi connectivity index (χ0v) is 16.3. The first-order valence-corrected chi connectivity index (χ1v) is 9.89. The molecule has 3 aromatic rings. The topological polar surface area (TPSA) is 56.9 Å². The van der Waals surface area contributed by atoms with Crippen LogP contribution in [-0.2, 0) is 6.54 Å². The van der Waals surface area contributed by atoms with Crippen LogP contribution < -0.4 is 16.1 Å². The van der Waals surface area contributed by atoms with Crippen molar-refractivity contribution in [2.24, 2.45) is 5.92 Å². The molecule has 1 aliphatic carbocycles. The number of H-pyrrole nitrogens is 1. The van der Waals surface area contributed by atoms with E-state index in [0.29, 0.717) is 27.4 Å². The Kier molecular flexibility index (Phi) is 5.39. The lowest BCUT2D eigenvalue weighted by Crippen LogP contribution is -2.46. The predicted octanol–water partition coefficient (Wildman–Crippen LogP) is 4.82. The highest BCUT2D eigenvalue weighted by molar-refractivity contribution is 6.42. The average Bonchev–Trinajstić information content (AvgIpc) is 2.64. The minimum Gasteiger partial charge on any atom is -0.371 e. The number of nitrogens with one attached hydrogen (secondary N) is 3. The van der Waals surface area contributed by atoms with Gasteiger partial charge in [0.25, 0.3) is 0 Å². The maximum Gasteiger partial charge on any atom is 0.191 e. The molecule has 1 heterocycles. The van der Waals surface area contributed by atoms with Crippen LogP contribution in [0.4, 0.5) is 5.82 Å². The van der Waals surface area contributed by atoms with E-state index in [1.54, 1.807) is 6.07 Å². The van der Waals surface area contributed by atoms with Crippen LogP contribution in [0.2, 0.25) is 10.0 Å². The second-order valence-electron chi connectivity index (χ2n) is 7.05. The Morgan fingerprint density at radius 3 is 2.67 bits per heavy atom. The van der Waals surface area contributed by atoms with E-state index in [4.69, 9.17) is 23.2 Å². The molecule has 4 rings (SSSR count). The number of aromatic nitrogens is 1. The third kappa shape index (κ3) is 4.13. The molecule has 1 saturated carbocycles. The van der Waals surface area contributed by atoms with Gasteiger partial charge in [-0.25, -0.2) is 0 Å². The lowest BCUT2D eigenvalue weighted by molar-refractivity contribution is 0.220. The van der Waals surface area contributed by atoms with E-state index >= 15 is 0 Å². The number of benzene rings is 2. The van der Waals surface area contributed by atoms with Crippen LogP contribution in [0.25, 0.3) is 10.9 Å². The highest BCUT2D eigenvalue weighted by Gasteiger charge is 2.30. The van der Waals surface area contributed by atoms with Gasteiger partial charge in [0.15, 0.2) is 5.43 Å². The molecule has 1 aliphatic rings. The second kappa shape index (κ2) is 7.93. The Morgan fingerprint density at radius 1 is 1.04 bits per heavy atom. The number of anilines is 1. The van der Waals surface area contributed by atoms with Crippen LogP contribution in [0.1, 0.15) is 18.4 Å². The zero-order chi connectivity index (χ0) is 18.8. The van der Waals surface area contributed by atoms with Crippen LogP contribution in [0.3, 0.4) is 0 Å². The molecule has 2 atom stereocenters. The molecule has 1 aromatic heterocycles. The molecule has 2 aromatic carbocycles. The summed E-state index contributed by atoms with van der Waals surface area (Å²) in [6.07, 6.45) is 2.33. The van der Waals surface area contributed by atoms with Crippen molar-refractivity contribution in [3.05, 3.63) is 74.4 Å². The van der Waals surface area contributed by atoms with Gasteiger partial charge in [-0.3, -0.25) is 4.79 Å². The summed E-state index contributed by atoms with van der Waals surface area (Å²) >= 11 is 12.0. The number of pyridine rings is 1. The van der Waals surface area contributed by atoms with Crippen molar-refractivity contribution in [2.75, 3.05) is 11.9 Å². The monoisotopic (exact) mass is 401 g/mol. The second-order valence-corrected chi connectivity index (χ2v) is 7.86. The summed E-state index contributed by atoms with van der Waals surface area (Å²) in [7, 11) is 0. The van der Waals surface area contributed by atoms with Crippen LogP contribution in [-0.4, -0.2) is 17.6 Å². The molecule has 140 valence electrons. The smallest absolute Gasteiger partial charge is 0.191 e. The number of para-hydroxylation sites is 1. The lowest BCUT2D eigenvalue weighted by Gasteiger charge is -2.37. The van der Waals surface area contributed by atoms with E-state index in [1.165, 1.54) is 6.42 Å². The summed E-state index contributed by atoms with van der Waals surface area (Å²) < 4.78 is 0. The van der Waals surface area contributed by atoms with Gasteiger partial charge in [-0.05, 0) is 48.6 Å². The summed E-state index contributed by atoms with van der Waals surface area (Å²) in [6.45, 7) is 1.60. The van der Waals surface area contributed by atoms with Gasteiger partial charge in [-0.1, -0.05) is 41.4 Å². The van der Waals surface area contributed by atoms with E-state index in [0.717, 1.165) is 36.4 Å². The minimum atomic E-state index is 0.0368. The van der Waals surface area contributed by atoms with Crippen molar-refractivity contribution in [3.8, 4) is 0 Å². The predicted molar refractivity (Wildman–Crippen MR) is 113 cm³/mol. The zero-order valence-electron chi connectivity index (χ0n) is 14.8. The van der Waals surface area contributed by atoms with Gasteiger partial charge in [0.05, 0.1) is 15.6 Å². The van der Waals surface area contributed by atoms with E-state index in [-0.39, 0.29) is 5.43 Å². The number of rotatable bonds is 6. The largest absolute Gasteiger partial charge is 0.371 e. The third-order valence-electron chi connectivity index (χ3n) is 5.26. The molecule has 0 bridgehead atoms. The standard InChI is InChI=1S/C21H21Cl2N3O/c22-16-7-5-13(9-17(16)23)11-24-18-8-6-14(18)12-25-21-10-20(27)15-3-1-2-4-19(15)26-21/h1-5,7,9-10,14,18,24H,6,8,11-12H2,(H2,25,26,27)/t14-,18-/m1/s1. The highest BCUT2D eigenvalue weighted by atomic mass is 35.5. The lowest BCUT2D eigenvalue weighted by atomic mass is 9.79.